The molecule has 296 valence electrons. The first-order chi connectivity index (χ1) is 28.4. The fourth-order valence-electron chi connectivity index (χ4n) is 8.00. The summed E-state index contributed by atoms with van der Waals surface area (Å²) >= 11 is 0. The number of nitrogens with one attached hydrogen (secondary N) is 1. The van der Waals surface area contributed by atoms with Gasteiger partial charge in [0.05, 0.1) is 28.0 Å². The summed E-state index contributed by atoms with van der Waals surface area (Å²) in [5.74, 6) is 0.714. The van der Waals surface area contributed by atoms with Crippen molar-refractivity contribution in [3.05, 3.63) is 156 Å². The molecule has 2 aromatic carbocycles. The molecule has 0 radical (unpaired) electrons. The molecule has 0 saturated heterocycles. The third-order valence-corrected chi connectivity index (χ3v) is 11.5. The van der Waals surface area contributed by atoms with Crippen LogP contribution < -0.4 is 0 Å². The van der Waals surface area contributed by atoms with Gasteiger partial charge >= 0.3 is 11.9 Å². The normalized spacial score (nSPS) is 15.4. The molecule has 0 aliphatic heterocycles. The number of carbonyl (C=O) groups excluding carboxylic acids is 3. The average Bonchev–Trinajstić information content (AvgIpc) is 4.20. The first-order valence-corrected chi connectivity index (χ1v) is 20.6. The maximum absolute atomic E-state index is 13.0. The van der Waals surface area contributed by atoms with E-state index in [0.717, 1.165) is 88.3 Å². The molecule has 0 amide bonds. The predicted molar refractivity (Wildman–Crippen MR) is 226 cm³/mol. The van der Waals surface area contributed by atoms with Crippen LogP contribution in [0.3, 0.4) is 0 Å². The lowest BCUT2D eigenvalue weighted by Crippen LogP contribution is -2.23. The summed E-state index contributed by atoms with van der Waals surface area (Å²) in [6.45, 7) is 7.62. The van der Waals surface area contributed by atoms with Crippen LogP contribution >= 0.6 is 0 Å². The van der Waals surface area contributed by atoms with Crippen LogP contribution in [0.15, 0.2) is 111 Å². The van der Waals surface area contributed by atoms with Crippen LogP contribution in [0.25, 0.3) is 21.8 Å². The number of H-pyrrole nitrogens is 1. The highest BCUT2D eigenvalue weighted by Crippen LogP contribution is 2.41. The Labute approximate surface area is 339 Å². The van der Waals surface area contributed by atoms with Gasteiger partial charge in [-0.15, -0.1) is 0 Å². The molecule has 6 aromatic rings. The minimum Gasteiger partial charge on any atom is -0.458 e. The van der Waals surface area contributed by atoms with E-state index in [0.29, 0.717) is 41.5 Å². The van der Waals surface area contributed by atoms with E-state index < -0.39 is 0 Å². The number of aromatic nitrogens is 4. The van der Waals surface area contributed by atoms with Gasteiger partial charge in [-0.1, -0.05) is 56.7 Å². The summed E-state index contributed by atoms with van der Waals surface area (Å²) in [6.07, 6.45) is 22.1. The molecule has 3 fully saturated rings. The number of carbonyl (C=O) groups is 3. The number of benzene rings is 2. The quantitative estimate of drug-likeness (QED) is 0.0917. The Morgan fingerprint density at radius 3 is 1.83 bits per heavy atom. The number of fused-ring (bicyclic) bond motifs is 2. The molecule has 0 spiro atoms. The highest BCUT2D eigenvalue weighted by molar-refractivity contribution is 5.94. The summed E-state index contributed by atoms with van der Waals surface area (Å²) in [7, 11) is 0. The molecular weight excluding hydrogens is 725 g/mol. The van der Waals surface area contributed by atoms with Gasteiger partial charge in [0.15, 0.2) is 0 Å². The minimum atomic E-state index is -0.356. The van der Waals surface area contributed by atoms with Crippen LogP contribution in [0.5, 0.6) is 0 Å². The first kappa shape index (κ1) is 38.8. The van der Waals surface area contributed by atoms with Gasteiger partial charge in [-0.05, 0) is 127 Å². The minimum absolute atomic E-state index is 0.132. The molecule has 0 unspecified atom stereocenters. The van der Waals surface area contributed by atoms with E-state index in [9.17, 15) is 14.4 Å². The summed E-state index contributed by atoms with van der Waals surface area (Å²) in [5.41, 5.74) is 9.04. The van der Waals surface area contributed by atoms with Crippen molar-refractivity contribution in [2.45, 2.75) is 82.5 Å². The molecule has 1 N–H and O–H groups in total. The third kappa shape index (κ3) is 9.04. The van der Waals surface area contributed by atoms with Gasteiger partial charge in [-0.25, -0.2) is 9.59 Å². The Hall–Kier alpha value is -6.09. The topological polar surface area (TPSA) is 116 Å². The molecule has 9 rings (SSSR count). The summed E-state index contributed by atoms with van der Waals surface area (Å²) in [6, 6.07) is 20.3. The Bertz CT molecular complexity index is 2480. The Morgan fingerprint density at radius 1 is 0.690 bits per heavy atom. The second-order valence-corrected chi connectivity index (χ2v) is 15.9. The molecule has 3 aliphatic rings. The van der Waals surface area contributed by atoms with Crippen LogP contribution in [0.4, 0.5) is 0 Å². The number of aromatic amines is 1. The van der Waals surface area contributed by atoms with E-state index in [1.165, 1.54) is 19.3 Å². The molecule has 4 aromatic heterocycles. The number of nitrogens with zero attached hydrogens (tertiary/aromatic N) is 3. The first-order valence-electron chi connectivity index (χ1n) is 20.6. The fourth-order valence-corrected chi connectivity index (χ4v) is 8.00. The van der Waals surface area contributed by atoms with E-state index in [4.69, 9.17) is 9.47 Å². The zero-order valence-corrected chi connectivity index (χ0v) is 33.0. The van der Waals surface area contributed by atoms with Crippen molar-refractivity contribution in [1.29, 1.82) is 0 Å². The summed E-state index contributed by atoms with van der Waals surface area (Å²) in [4.78, 5) is 50.7. The molecule has 0 atom stereocenters. The molecule has 0 bridgehead atoms. The second kappa shape index (κ2) is 17.6. The number of esters is 2. The highest BCUT2D eigenvalue weighted by atomic mass is 16.5. The van der Waals surface area contributed by atoms with Crippen molar-refractivity contribution in [1.82, 2.24) is 19.5 Å². The van der Waals surface area contributed by atoms with Gasteiger partial charge in [0.2, 0.25) is 5.91 Å². The van der Waals surface area contributed by atoms with Crippen molar-refractivity contribution in [2.75, 3.05) is 13.2 Å². The van der Waals surface area contributed by atoms with E-state index in [-0.39, 0.29) is 37.0 Å². The molecule has 9 heteroatoms. The number of ether oxygens (including phenoxy) is 2. The van der Waals surface area contributed by atoms with Crippen LogP contribution in [-0.2, 0) is 22.3 Å². The number of pyridine rings is 2. The number of hydrogen-bond acceptors (Lipinski definition) is 7. The van der Waals surface area contributed by atoms with E-state index >= 15 is 0 Å². The maximum Gasteiger partial charge on any atom is 0.340 e. The van der Waals surface area contributed by atoms with Crippen molar-refractivity contribution in [3.63, 3.8) is 0 Å². The largest absolute Gasteiger partial charge is 0.458 e. The standard InChI is InChI=1S/C28H30N2O3.C21H20N2O2/c1-2-14-33-28(32)24-17-23(20-9-10-20)18-29-25(24)16-19-8-11-26-22(15-19)12-13-30(26)27(31)21-6-4-3-5-7-21;1-2-9-25-21(24)18-12-17(15-4-5-15)13-23-20(18)11-14-3-6-19-16(10-14)7-8-22-19/h2,8,11-13,15,17-18,20-21H,1,3-7,9-10,14,16H2;2-3,6-8,10,12-13,15,22H,1,4-5,9,11H2. The molecule has 4 heterocycles. The summed E-state index contributed by atoms with van der Waals surface area (Å²) in [5, 5.41) is 2.19. The SMILES string of the molecule is C=CCOC(=O)c1cc(C2CC2)cnc1Cc1ccc2[nH]ccc2c1.C=CCOC(=O)c1cc(C2CC2)cnc1Cc1ccc2c(ccn2C(=O)C2CCCCC2)c1. The maximum atomic E-state index is 13.0. The van der Waals surface area contributed by atoms with Crippen LogP contribution in [-0.4, -0.2) is 50.6 Å². The van der Waals surface area contributed by atoms with Gasteiger partial charge in [0.25, 0.3) is 0 Å². The van der Waals surface area contributed by atoms with Gasteiger partial charge in [-0.3, -0.25) is 19.3 Å². The molecule has 3 saturated carbocycles. The lowest BCUT2D eigenvalue weighted by atomic mass is 9.88. The molecule has 3 aliphatic carbocycles. The second-order valence-electron chi connectivity index (χ2n) is 15.9. The third-order valence-electron chi connectivity index (χ3n) is 11.5. The highest BCUT2D eigenvalue weighted by Gasteiger charge is 2.28. The monoisotopic (exact) mass is 774 g/mol. The molecular formula is C49H50N4O5. The van der Waals surface area contributed by atoms with E-state index in [1.807, 2.05) is 65.8 Å². The molecule has 9 nitrogen and oxygen atoms in total. The smallest absolute Gasteiger partial charge is 0.340 e. The van der Waals surface area contributed by atoms with E-state index in [2.05, 4.69) is 52.4 Å². The van der Waals surface area contributed by atoms with E-state index in [1.54, 1.807) is 12.2 Å². The predicted octanol–water partition coefficient (Wildman–Crippen LogP) is 10.4. The lowest BCUT2D eigenvalue weighted by molar-refractivity contribution is 0.0538. The van der Waals surface area contributed by atoms with Gasteiger partial charge < -0.3 is 14.5 Å². The van der Waals surface area contributed by atoms with Gasteiger partial charge in [0.1, 0.15) is 13.2 Å². The Balaban J connectivity index is 0.000000168. The zero-order valence-electron chi connectivity index (χ0n) is 33.0. The zero-order chi connectivity index (χ0) is 40.0. The Morgan fingerprint density at radius 2 is 1.26 bits per heavy atom. The van der Waals surface area contributed by atoms with Gasteiger partial charge in [0, 0.05) is 54.4 Å². The Kier molecular flexibility index (Phi) is 11.8. The van der Waals surface area contributed by atoms with Crippen molar-refractivity contribution < 1.29 is 23.9 Å². The van der Waals surface area contributed by atoms with Gasteiger partial charge in [-0.2, -0.15) is 0 Å². The van der Waals surface area contributed by atoms with Crippen LogP contribution in [0.2, 0.25) is 0 Å². The number of rotatable bonds is 13. The van der Waals surface area contributed by atoms with Crippen molar-refractivity contribution in [3.8, 4) is 0 Å². The fraction of sp³-hybridized carbons (Fsp3) is 0.327. The van der Waals surface area contributed by atoms with Crippen LogP contribution in [0.1, 0.15) is 129 Å². The average molecular weight is 775 g/mol. The van der Waals surface area contributed by atoms with Crippen LogP contribution in [0, 0.1) is 5.92 Å². The number of hydrogen-bond donors (Lipinski definition) is 1. The lowest BCUT2D eigenvalue weighted by Gasteiger charge is -2.20. The van der Waals surface area contributed by atoms with Crippen molar-refractivity contribution >= 4 is 39.7 Å². The molecule has 58 heavy (non-hydrogen) atoms. The van der Waals surface area contributed by atoms with Crippen molar-refractivity contribution in [2.24, 2.45) is 5.92 Å². The summed E-state index contributed by atoms with van der Waals surface area (Å²) < 4.78 is 12.4.